The van der Waals surface area contributed by atoms with Crippen molar-refractivity contribution in [3.63, 3.8) is 0 Å². The third-order valence-electron chi connectivity index (χ3n) is 8.83. The largest absolute Gasteiger partial charge is 0.481 e. The van der Waals surface area contributed by atoms with E-state index in [0.29, 0.717) is 12.8 Å². The lowest BCUT2D eigenvalue weighted by Gasteiger charge is -2.18. The Morgan fingerprint density at radius 1 is 0.429 bits per heavy atom. The molecule has 0 heterocycles. The molecule has 0 aliphatic heterocycles. The van der Waals surface area contributed by atoms with E-state index < -0.39 is 5.97 Å². The minimum atomic E-state index is -0.677. The number of carbonyl (C=O) groups excluding carboxylic acids is 1. The Morgan fingerprint density at radius 2 is 0.714 bits per heavy atom. The van der Waals surface area contributed by atoms with Gasteiger partial charge in [-0.05, 0) is 38.5 Å². The molecule has 0 aliphatic rings. The van der Waals surface area contributed by atoms with Crippen molar-refractivity contribution in [2.24, 2.45) is 0 Å². The average molecular weight is 595 g/mol. The Bertz CT molecular complexity index is 561. The summed E-state index contributed by atoms with van der Waals surface area (Å²) < 4.78 is 5.94. The van der Waals surface area contributed by atoms with Crippen LogP contribution in [0.15, 0.2) is 0 Å². The maximum absolute atomic E-state index is 12.5. The molecule has 0 fully saturated rings. The first-order chi connectivity index (χ1) is 20.6. The maximum atomic E-state index is 12.5. The van der Waals surface area contributed by atoms with Gasteiger partial charge >= 0.3 is 11.9 Å². The van der Waals surface area contributed by atoms with Crippen LogP contribution in [0.25, 0.3) is 0 Å². The number of carbonyl (C=O) groups is 2. The Morgan fingerprint density at radius 3 is 1.10 bits per heavy atom. The topological polar surface area (TPSA) is 63.6 Å². The third-order valence-corrected chi connectivity index (χ3v) is 8.83. The zero-order valence-corrected chi connectivity index (χ0v) is 28.6. The molecule has 1 atom stereocenters. The summed E-state index contributed by atoms with van der Waals surface area (Å²) in [5.41, 5.74) is 0. The first kappa shape index (κ1) is 40.9. The van der Waals surface area contributed by atoms with Crippen molar-refractivity contribution in [1.82, 2.24) is 0 Å². The van der Waals surface area contributed by atoms with E-state index in [1.54, 1.807) is 0 Å². The highest BCUT2D eigenvalue weighted by Gasteiger charge is 2.14. The number of hydrogen-bond donors (Lipinski definition) is 1. The number of ether oxygens (including phenoxy) is 1. The zero-order valence-electron chi connectivity index (χ0n) is 28.6. The second-order valence-electron chi connectivity index (χ2n) is 13.1. The van der Waals surface area contributed by atoms with Crippen LogP contribution >= 0.6 is 0 Å². The molecule has 4 heteroatoms. The van der Waals surface area contributed by atoms with Crippen LogP contribution in [0.1, 0.15) is 226 Å². The Hall–Kier alpha value is -1.06. The Labute approximate surface area is 262 Å². The van der Waals surface area contributed by atoms with E-state index in [9.17, 15) is 9.59 Å². The van der Waals surface area contributed by atoms with Crippen LogP contribution in [-0.4, -0.2) is 23.1 Å². The van der Waals surface area contributed by atoms with Gasteiger partial charge in [0.15, 0.2) is 0 Å². The van der Waals surface area contributed by atoms with Gasteiger partial charge in [-0.1, -0.05) is 174 Å². The molecule has 0 amide bonds. The maximum Gasteiger partial charge on any atom is 0.306 e. The summed E-state index contributed by atoms with van der Waals surface area (Å²) in [6, 6.07) is 0. The van der Waals surface area contributed by atoms with Crippen LogP contribution in [0.5, 0.6) is 0 Å². The predicted molar refractivity (Wildman–Crippen MR) is 181 cm³/mol. The molecule has 250 valence electrons. The summed E-state index contributed by atoms with van der Waals surface area (Å²) in [6.07, 6.45) is 40.1. The minimum Gasteiger partial charge on any atom is -0.481 e. The number of carboxylic acids is 1. The van der Waals surface area contributed by atoms with E-state index in [0.717, 1.165) is 57.8 Å². The van der Waals surface area contributed by atoms with Gasteiger partial charge in [-0.15, -0.1) is 0 Å². The highest BCUT2D eigenvalue weighted by molar-refractivity contribution is 5.69. The van der Waals surface area contributed by atoms with Gasteiger partial charge in [0, 0.05) is 12.8 Å². The highest BCUT2D eigenvalue weighted by atomic mass is 16.5. The quantitative estimate of drug-likeness (QED) is 0.0585. The van der Waals surface area contributed by atoms with E-state index in [1.807, 2.05) is 0 Å². The van der Waals surface area contributed by atoms with Gasteiger partial charge in [-0.2, -0.15) is 0 Å². The predicted octanol–water partition coefficient (Wildman–Crippen LogP) is 12.9. The monoisotopic (exact) mass is 595 g/mol. The molecule has 0 spiro atoms. The molecular formula is C38H74O4. The molecule has 4 nitrogen and oxygen atoms in total. The van der Waals surface area contributed by atoms with E-state index in [1.165, 1.54) is 141 Å². The fraction of sp³-hybridized carbons (Fsp3) is 0.947. The number of rotatable bonds is 35. The summed E-state index contributed by atoms with van der Waals surface area (Å²) in [6.45, 7) is 4.52. The van der Waals surface area contributed by atoms with E-state index in [-0.39, 0.29) is 12.1 Å². The normalized spacial score (nSPS) is 12.0. The minimum absolute atomic E-state index is 0.0281. The molecule has 0 saturated heterocycles. The van der Waals surface area contributed by atoms with E-state index in [4.69, 9.17) is 9.84 Å². The van der Waals surface area contributed by atoms with Crippen molar-refractivity contribution in [3.05, 3.63) is 0 Å². The molecule has 1 N–H and O–H groups in total. The number of hydrogen-bond acceptors (Lipinski definition) is 3. The molecule has 0 aromatic heterocycles. The molecule has 0 aromatic carbocycles. The standard InChI is InChI=1S/C38H74O4/c1-3-5-7-8-9-10-11-12-13-14-15-16-17-21-24-27-31-35-38(41)42-36(32-28-6-4-2)33-29-25-22-19-18-20-23-26-30-34-37(39)40/h36H,3-35H2,1-2H3,(H,39,40). The van der Waals surface area contributed by atoms with Crippen LogP contribution in [0.2, 0.25) is 0 Å². The second-order valence-corrected chi connectivity index (χ2v) is 13.1. The summed E-state index contributed by atoms with van der Waals surface area (Å²) in [5, 5.41) is 8.69. The van der Waals surface area contributed by atoms with Gasteiger partial charge in [0.1, 0.15) is 6.10 Å². The molecule has 0 bridgehead atoms. The smallest absolute Gasteiger partial charge is 0.306 e. The van der Waals surface area contributed by atoms with Gasteiger partial charge in [0.05, 0.1) is 0 Å². The first-order valence-electron chi connectivity index (χ1n) is 19.0. The van der Waals surface area contributed by atoms with Crippen LogP contribution in [0.3, 0.4) is 0 Å². The molecular weight excluding hydrogens is 520 g/mol. The summed E-state index contributed by atoms with van der Waals surface area (Å²) in [7, 11) is 0. The molecule has 0 aromatic rings. The summed E-state index contributed by atoms with van der Waals surface area (Å²) in [4.78, 5) is 23.1. The van der Waals surface area contributed by atoms with Crippen molar-refractivity contribution in [2.45, 2.75) is 232 Å². The van der Waals surface area contributed by atoms with Crippen molar-refractivity contribution in [3.8, 4) is 0 Å². The first-order valence-corrected chi connectivity index (χ1v) is 19.0. The molecule has 0 rings (SSSR count). The number of carboxylic acid groups (broad SMARTS) is 1. The van der Waals surface area contributed by atoms with Crippen molar-refractivity contribution >= 4 is 11.9 Å². The second kappa shape index (κ2) is 34.4. The fourth-order valence-corrected chi connectivity index (χ4v) is 6.01. The van der Waals surface area contributed by atoms with Gasteiger partial charge in [-0.25, -0.2) is 0 Å². The van der Waals surface area contributed by atoms with E-state index >= 15 is 0 Å². The third kappa shape index (κ3) is 33.4. The SMILES string of the molecule is CCCCCCCCCCCCCCCCCCCC(=O)OC(CCCCC)CCCCCCCCCCCC(=O)O. The van der Waals surface area contributed by atoms with Crippen molar-refractivity contribution in [2.75, 3.05) is 0 Å². The van der Waals surface area contributed by atoms with Crippen LogP contribution in [0.4, 0.5) is 0 Å². The fourth-order valence-electron chi connectivity index (χ4n) is 6.01. The van der Waals surface area contributed by atoms with Crippen molar-refractivity contribution < 1.29 is 19.4 Å². The number of unbranched alkanes of at least 4 members (excludes halogenated alkanes) is 26. The van der Waals surface area contributed by atoms with Gasteiger partial charge in [0.2, 0.25) is 0 Å². The Balaban J connectivity index is 3.66. The zero-order chi connectivity index (χ0) is 30.8. The van der Waals surface area contributed by atoms with Crippen LogP contribution in [0, 0.1) is 0 Å². The van der Waals surface area contributed by atoms with E-state index in [2.05, 4.69) is 13.8 Å². The lowest BCUT2D eigenvalue weighted by Crippen LogP contribution is -2.18. The van der Waals surface area contributed by atoms with Gasteiger partial charge in [-0.3, -0.25) is 9.59 Å². The van der Waals surface area contributed by atoms with Crippen LogP contribution in [-0.2, 0) is 14.3 Å². The molecule has 0 radical (unpaired) electrons. The molecule has 1 unspecified atom stereocenters. The average Bonchev–Trinajstić information content (AvgIpc) is 2.97. The van der Waals surface area contributed by atoms with Crippen molar-refractivity contribution in [1.29, 1.82) is 0 Å². The summed E-state index contributed by atoms with van der Waals surface area (Å²) in [5.74, 6) is -0.649. The highest BCUT2D eigenvalue weighted by Crippen LogP contribution is 2.18. The Kier molecular flexibility index (Phi) is 33.6. The lowest BCUT2D eigenvalue weighted by atomic mass is 10.0. The van der Waals surface area contributed by atoms with Gasteiger partial charge < -0.3 is 9.84 Å². The summed E-state index contributed by atoms with van der Waals surface area (Å²) >= 11 is 0. The molecule has 0 aliphatic carbocycles. The number of aliphatic carboxylic acids is 1. The molecule has 42 heavy (non-hydrogen) atoms. The number of esters is 1. The van der Waals surface area contributed by atoms with Gasteiger partial charge in [0.25, 0.3) is 0 Å². The van der Waals surface area contributed by atoms with Crippen LogP contribution < -0.4 is 0 Å². The molecule has 0 saturated carbocycles. The lowest BCUT2D eigenvalue weighted by molar-refractivity contribution is -0.150.